The van der Waals surface area contributed by atoms with Crippen molar-refractivity contribution in [3.63, 3.8) is 0 Å². The Labute approximate surface area is 125 Å². The molecule has 0 saturated heterocycles. The van der Waals surface area contributed by atoms with Crippen LogP contribution in [0.3, 0.4) is 0 Å². The fourth-order valence-corrected chi connectivity index (χ4v) is 2.00. The molecule has 1 aromatic carbocycles. The average Bonchev–Trinajstić information content (AvgIpc) is 2.37. The molecule has 1 aromatic rings. The Balaban J connectivity index is 3.23. The molecule has 0 fully saturated rings. The lowest BCUT2D eigenvalue weighted by molar-refractivity contribution is -0.138. The number of hydrogen-bond acceptors (Lipinski definition) is 1. The molecule has 0 aliphatic rings. The van der Waals surface area contributed by atoms with Gasteiger partial charge in [-0.1, -0.05) is 13.5 Å². The highest BCUT2D eigenvalue weighted by Gasteiger charge is 2.40. The molecule has 0 heterocycles. The number of nitrogens with one attached hydrogen (secondary N) is 1. The lowest BCUT2D eigenvalue weighted by Crippen LogP contribution is -2.40. The summed E-state index contributed by atoms with van der Waals surface area (Å²) < 4.78 is 80.0. The SMILES string of the molecule is C=C(C)C(F)(F)C(CC)Nc1cc(F)c(C)c(C(F)(F)F)c1. The quantitative estimate of drug-likeness (QED) is 0.552. The van der Waals surface area contributed by atoms with Gasteiger partial charge in [-0.15, -0.1) is 0 Å². The average molecular weight is 325 g/mol. The van der Waals surface area contributed by atoms with Crippen molar-refractivity contribution in [2.45, 2.75) is 45.3 Å². The first kappa shape index (κ1) is 18.4. The molecule has 0 spiro atoms. The van der Waals surface area contributed by atoms with Gasteiger partial charge in [0.05, 0.1) is 11.6 Å². The normalized spacial score (nSPS) is 13.9. The summed E-state index contributed by atoms with van der Waals surface area (Å²) in [5, 5.41) is 2.28. The van der Waals surface area contributed by atoms with Crippen molar-refractivity contribution in [3.05, 3.63) is 41.2 Å². The van der Waals surface area contributed by atoms with Crippen molar-refractivity contribution in [2.75, 3.05) is 5.32 Å². The Morgan fingerprint density at radius 1 is 1.23 bits per heavy atom. The molecule has 1 rings (SSSR count). The van der Waals surface area contributed by atoms with Crippen molar-refractivity contribution in [1.82, 2.24) is 0 Å². The van der Waals surface area contributed by atoms with E-state index in [0.29, 0.717) is 6.07 Å². The fraction of sp³-hybridized carbons (Fsp3) is 0.467. The van der Waals surface area contributed by atoms with Crippen LogP contribution < -0.4 is 5.32 Å². The van der Waals surface area contributed by atoms with Crippen molar-refractivity contribution < 1.29 is 26.3 Å². The maximum Gasteiger partial charge on any atom is 0.416 e. The van der Waals surface area contributed by atoms with Gasteiger partial charge >= 0.3 is 6.18 Å². The van der Waals surface area contributed by atoms with E-state index in [1.807, 2.05) is 0 Å². The van der Waals surface area contributed by atoms with Crippen LogP contribution in [0.2, 0.25) is 0 Å². The van der Waals surface area contributed by atoms with Crippen LogP contribution in [0.25, 0.3) is 0 Å². The Bertz CT molecular complexity index is 562. The van der Waals surface area contributed by atoms with Gasteiger partial charge in [-0.2, -0.15) is 22.0 Å². The van der Waals surface area contributed by atoms with Gasteiger partial charge in [0.15, 0.2) is 0 Å². The summed E-state index contributed by atoms with van der Waals surface area (Å²) in [5.74, 6) is -4.43. The molecule has 1 atom stereocenters. The molecule has 22 heavy (non-hydrogen) atoms. The number of anilines is 1. The van der Waals surface area contributed by atoms with E-state index in [1.165, 1.54) is 6.92 Å². The smallest absolute Gasteiger partial charge is 0.376 e. The summed E-state index contributed by atoms with van der Waals surface area (Å²) in [6.07, 6.45) is -4.84. The zero-order chi connectivity index (χ0) is 17.3. The molecule has 0 aliphatic heterocycles. The van der Waals surface area contributed by atoms with Gasteiger partial charge in [0.25, 0.3) is 5.92 Å². The highest BCUT2D eigenvalue weighted by Crippen LogP contribution is 2.36. The minimum atomic E-state index is -4.76. The summed E-state index contributed by atoms with van der Waals surface area (Å²) in [6, 6.07) is -0.0645. The summed E-state index contributed by atoms with van der Waals surface area (Å²) in [7, 11) is 0. The van der Waals surface area contributed by atoms with E-state index in [-0.39, 0.29) is 12.1 Å². The highest BCUT2D eigenvalue weighted by atomic mass is 19.4. The first-order valence-corrected chi connectivity index (χ1v) is 6.58. The molecule has 1 N–H and O–H groups in total. The van der Waals surface area contributed by atoms with E-state index in [4.69, 9.17) is 0 Å². The summed E-state index contributed by atoms with van der Waals surface area (Å²) in [4.78, 5) is 0. The second kappa shape index (κ2) is 6.22. The second-order valence-corrected chi connectivity index (χ2v) is 5.14. The number of halogens is 6. The molecule has 1 unspecified atom stereocenters. The van der Waals surface area contributed by atoms with Crippen LogP contribution in [0.1, 0.15) is 31.4 Å². The topological polar surface area (TPSA) is 12.0 Å². The molecule has 0 bridgehead atoms. The van der Waals surface area contributed by atoms with Crippen LogP contribution in [0.4, 0.5) is 32.0 Å². The van der Waals surface area contributed by atoms with Gasteiger partial charge < -0.3 is 5.32 Å². The molecular formula is C15H17F6N. The predicted octanol–water partition coefficient (Wildman–Crippen LogP) is 5.55. The largest absolute Gasteiger partial charge is 0.416 e. The zero-order valence-electron chi connectivity index (χ0n) is 12.4. The minimum absolute atomic E-state index is 0.0727. The summed E-state index contributed by atoms with van der Waals surface area (Å²) in [6.45, 7) is 6.74. The molecule has 7 heteroatoms. The number of alkyl halides is 5. The summed E-state index contributed by atoms with van der Waals surface area (Å²) >= 11 is 0. The Morgan fingerprint density at radius 2 is 1.77 bits per heavy atom. The number of hydrogen-bond donors (Lipinski definition) is 1. The second-order valence-electron chi connectivity index (χ2n) is 5.14. The van der Waals surface area contributed by atoms with Crippen LogP contribution in [0, 0.1) is 12.7 Å². The maximum atomic E-state index is 13.9. The van der Waals surface area contributed by atoms with E-state index in [0.717, 1.165) is 19.9 Å². The van der Waals surface area contributed by atoms with Gasteiger partial charge in [-0.25, -0.2) is 4.39 Å². The third kappa shape index (κ3) is 3.75. The van der Waals surface area contributed by atoms with Gasteiger partial charge in [-0.3, -0.25) is 0 Å². The third-order valence-corrected chi connectivity index (χ3v) is 3.41. The van der Waals surface area contributed by atoms with Crippen molar-refractivity contribution in [3.8, 4) is 0 Å². The first-order chi connectivity index (χ1) is 9.91. The molecule has 1 nitrogen and oxygen atoms in total. The Morgan fingerprint density at radius 3 is 2.18 bits per heavy atom. The van der Waals surface area contributed by atoms with Crippen molar-refractivity contribution in [2.24, 2.45) is 0 Å². The lowest BCUT2D eigenvalue weighted by atomic mass is 10.00. The summed E-state index contributed by atoms with van der Waals surface area (Å²) in [5.41, 5.74) is -2.53. The lowest BCUT2D eigenvalue weighted by Gasteiger charge is -2.28. The maximum absolute atomic E-state index is 13.9. The molecule has 0 aromatic heterocycles. The first-order valence-electron chi connectivity index (χ1n) is 6.58. The van der Waals surface area contributed by atoms with Crippen LogP contribution in [-0.2, 0) is 6.18 Å². The van der Waals surface area contributed by atoms with Crippen LogP contribution in [0.15, 0.2) is 24.3 Å². The molecular weight excluding hydrogens is 308 g/mol. The van der Waals surface area contributed by atoms with Crippen molar-refractivity contribution in [1.29, 1.82) is 0 Å². The third-order valence-electron chi connectivity index (χ3n) is 3.41. The van der Waals surface area contributed by atoms with Crippen LogP contribution in [0.5, 0.6) is 0 Å². The van der Waals surface area contributed by atoms with Gasteiger partial charge in [0.1, 0.15) is 5.82 Å². The highest BCUT2D eigenvalue weighted by molar-refractivity contribution is 5.51. The predicted molar refractivity (Wildman–Crippen MR) is 73.6 cm³/mol. The van der Waals surface area contributed by atoms with Gasteiger partial charge in [0.2, 0.25) is 0 Å². The fourth-order valence-electron chi connectivity index (χ4n) is 2.00. The molecule has 0 saturated carbocycles. The monoisotopic (exact) mass is 325 g/mol. The van der Waals surface area contributed by atoms with Crippen LogP contribution >= 0.6 is 0 Å². The van der Waals surface area contributed by atoms with Crippen LogP contribution in [-0.4, -0.2) is 12.0 Å². The van der Waals surface area contributed by atoms with Crippen molar-refractivity contribution >= 4 is 5.69 Å². The van der Waals surface area contributed by atoms with E-state index in [9.17, 15) is 26.3 Å². The number of rotatable bonds is 5. The molecule has 0 aliphatic carbocycles. The minimum Gasteiger partial charge on any atom is -0.376 e. The van der Waals surface area contributed by atoms with Gasteiger partial charge in [-0.05, 0) is 43.5 Å². The standard InChI is InChI=1S/C15H17F6N/c1-5-13(14(17,18)8(2)3)22-10-6-11(15(19,20)21)9(4)12(16)7-10/h6-7,13,22H,2,5H2,1,3-4H3. The molecule has 0 amide bonds. The van der Waals surface area contributed by atoms with E-state index >= 15 is 0 Å². The van der Waals surface area contributed by atoms with Gasteiger partial charge in [0, 0.05) is 5.69 Å². The number of benzene rings is 1. The Hall–Kier alpha value is -1.66. The van der Waals surface area contributed by atoms with E-state index in [1.54, 1.807) is 0 Å². The molecule has 124 valence electrons. The Kier molecular flexibility index (Phi) is 5.20. The zero-order valence-corrected chi connectivity index (χ0v) is 12.4. The van der Waals surface area contributed by atoms with E-state index < -0.39 is 40.7 Å². The molecule has 0 radical (unpaired) electrons. The van der Waals surface area contributed by atoms with E-state index in [2.05, 4.69) is 11.9 Å².